The molecule has 1 aliphatic rings. The number of aliphatic imine (C=N–C) groups is 1. The SMILES string of the molecule is Cc1ccc(/N=C2\S/C(=C\c3ccc(CO)cc3)C(=O)N2c2ccc(C)cc2)cc1. The lowest BCUT2D eigenvalue weighted by Gasteiger charge is -2.16. The van der Waals surface area contributed by atoms with Crippen LogP contribution in [0.15, 0.2) is 82.7 Å². The van der Waals surface area contributed by atoms with E-state index in [-0.39, 0.29) is 12.5 Å². The van der Waals surface area contributed by atoms with E-state index in [9.17, 15) is 9.90 Å². The number of rotatable bonds is 4. The fraction of sp³-hybridized carbons (Fsp3) is 0.120. The molecule has 4 nitrogen and oxygen atoms in total. The Morgan fingerprint density at radius 2 is 1.50 bits per heavy atom. The van der Waals surface area contributed by atoms with Crippen LogP contribution in [0.25, 0.3) is 6.08 Å². The van der Waals surface area contributed by atoms with Crippen LogP contribution in [0.1, 0.15) is 22.3 Å². The lowest BCUT2D eigenvalue weighted by atomic mass is 10.1. The van der Waals surface area contributed by atoms with Gasteiger partial charge in [0.1, 0.15) is 0 Å². The molecule has 1 N–H and O–H groups in total. The van der Waals surface area contributed by atoms with Crippen LogP contribution in [0.2, 0.25) is 0 Å². The average Bonchev–Trinajstić information content (AvgIpc) is 3.05. The predicted molar refractivity (Wildman–Crippen MR) is 125 cm³/mol. The van der Waals surface area contributed by atoms with Gasteiger partial charge < -0.3 is 5.11 Å². The average molecular weight is 415 g/mol. The first-order chi connectivity index (χ1) is 14.5. The van der Waals surface area contributed by atoms with Gasteiger partial charge in [-0.25, -0.2) is 4.99 Å². The van der Waals surface area contributed by atoms with Crippen LogP contribution in [-0.4, -0.2) is 16.2 Å². The maximum absolute atomic E-state index is 13.3. The Morgan fingerprint density at radius 3 is 2.10 bits per heavy atom. The number of nitrogens with zero attached hydrogens (tertiary/aromatic N) is 2. The number of carbonyl (C=O) groups is 1. The number of amides is 1. The molecule has 0 atom stereocenters. The highest BCUT2D eigenvalue weighted by Gasteiger charge is 2.34. The second-order valence-electron chi connectivity index (χ2n) is 7.22. The van der Waals surface area contributed by atoms with Gasteiger partial charge in [0.05, 0.1) is 22.9 Å². The summed E-state index contributed by atoms with van der Waals surface area (Å²) in [6.07, 6.45) is 1.87. The largest absolute Gasteiger partial charge is 0.392 e. The predicted octanol–water partition coefficient (Wildman–Crippen LogP) is 5.60. The fourth-order valence-electron chi connectivity index (χ4n) is 3.07. The van der Waals surface area contributed by atoms with E-state index >= 15 is 0 Å². The van der Waals surface area contributed by atoms with Gasteiger partial charge in [-0.1, -0.05) is 59.7 Å². The number of aliphatic hydroxyl groups is 1. The topological polar surface area (TPSA) is 52.9 Å². The molecule has 0 unspecified atom stereocenters. The molecule has 0 bridgehead atoms. The third-order valence-corrected chi connectivity index (χ3v) is 5.79. The zero-order valence-electron chi connectivity index (χ0n) is 16.9. The molecule has 5 heteroatoms. The lowest BCUT2D eigenvalue weighted by molar-refractivity contribution is -0.113. The van der Waals surface area contributed by atoms with Gasteiger partial charge in [0.15, 0.2) is 5.17 Å². The van der Waals surface area contributed by atoms with Crippen LogP contribution < -0.4 is 4.90 Å². The summed E-state index contributed by atoms with van der Waals surface area (Å²) in [6, 6.07) is 23.3. The molecule has 30 heavy (non-hydrogen) atoms. The highest BCUT2D eigenvalue weighted by atomic mass is 32.2. The maximum Gasteiger partial charge on any atom is 0.271 e. The molecule has 1 amide bonds. The first-order valence-electron chi connectivity index (χ1n) is 9.69. The Bertz CT molecular complexity index is 1120. The molecule has 0 aliphatic carbocycles. The zero-order valence-corrected chi connectivity index (χ0v) is 17.7. The molecule has 0 radical (unpaired) electrons. The fourth-order valence-corrected chi connectivity index (χ4v) is 4.07. The van der Waals surface area contributed by atoms with Crippen LogP contribution in [-0.2, 0) is 11.4 Å². The first-order valence-corrected chi connectivity index (χ1v) is 10.5. The van der Waals surface area contributed by atoms with Crippen LogP contribution in [0.5, 0.6) is 0 Å². The third kappa shape index (κ3) is 4.37. The summed E-state index contributed by atoms with van der Waals surface area (Å²) in [5, 5.41) is 9.86. The minimum absolute atomic E-state index is 0.000903. The number of anilines is 1. The molecule has 150 valence electrons. The molecule has 1 aliphatic heterocycles. The number of hydrogen-bond donors (Lipinski definition) is 1. The van der Waals surface area contributed by atoms with Crippen LogP contribution in [0, 0.1) is 13.8 Å². The smallest absolute Gasteiger partial charge is 0.271 e. The molecule has 3 aromatic rings. The Balaban J connectivity index is 1.74. The number of benzene rings is 3. The van der Waals surface area contributed by atoms with Crippen LogP contribution in [0.4, 0.5) is 11.4 Å². The van der Waals surface area contributed by atoms with E-state index in [0.717, 1.165) is 33.6 Å². The molecular weight excluding hydrogens is 392 g/mol. The van der Waals surface area contributed by atoms with E-state index < -0.39 is 0 Å². The van der Waals surface area contributed by atoms with Gasteiger partial charge in [0, 0.05) is 0 Å². The second-order valence-corrected chi connectivity index (χ2v) is 8.23. The van der Waals surface area contributed by atoms with Gasteiger partial charge in [-0.05, 0) is 67.1 Å². The first kappa shape index (κ1) is 20.1. The molecule has 1 saturated heterocycles. The minimum atomic E-state index is -0.0963. The van der Waals surface area contributed by atoms with Crippen molar-refractivity contribution in [3.63, 3.8) is 0 Å². The lowest BCUT2D eigenvalue weighted by Crippen LogP contribution is -2.28. The summed E-state index contributed by atoms with van der Waals surface area (Å²) in [6.45, 7) is 4.05. The quantitative estimate of drug-likeness (QED) is 0.565. The summed E-state index contributed by atoms with van der Waals surface area (Å²) in [4.78, 5) is 20.3. The number of amidine groups is 1. The van der Waals surface area contributed by atoms with Crippen LogP contribution in [0.3, 0.4) is 0 Å². The number of carbonyl (C=O) groups excluding carboxylic acids is 1. The monoisotopic (exact) mass is 414 g/mol. The Kier molecular flexibility index (Phi) is 5.84. The molecule has 0 aromatic heterocycles. The van der Waals surface area contributed by atoms with E-state index in [4.69, 9.17) is 4.99 Å². The van der Waals surface area contributed by atoms with Crippen molar-refractivity contribution in [1.29, 1.82) is 0 Å². The van der Waals surface area contributed by atoms with Crippen molar-refractivity contribution < 1.29 is 9.90 Å². The van der Waals surface area contributed by atoms with E-state index in [1.54, 1.807) is 4.90 Å². The summed E-state index contributed by atoms with van der Waals surface area (Å²) in [7, 11) is 0. The molecule has 1 fully saturated rings. The van der Waals surface area contributed by atoms with Gasteiger partial charge >= 0.3 is 0 Å². The van der Waals surface area contributed by atoms with E-state index in [0.29, 0.717) is 10.1 Å². The van der Waals surface area contributed by atoms with Gasteiger partial charge in [-0.15, -0.1) is 0 Å². The maximum atomic E-state index is 13.3. The number of hydrogen-bond acceptors (Lipinski definition) is 4. The van der Waals surface area contributed by atoms with Gasteiger partial charge in [0.2, 0.25) is 0 Å². The van der Waals surface area contributed by atoms with Crippen molar-refractivity contribution in [2.45, 2.75) is 20.5 Å². The zero-order chi connectivity index (χ0) is 21.1. The molecule has 1 heterocycles. The van der Waals surface area contributed by atoms with Crippen molar-refractivity contribution in [3.05, 3.63) is 100.0 Å². The summed E-state index contributed by atoms with van der Waals surface area (Å²) >= 11 is 1.37. The third-order valence-electron chi connectivity index (χ3n) is 4.82. The highest BCUT2D eigenvalue weighted by Crippen LogP contribution is 2.37. The normalized spacial score (nSPS) is 16.6. The number of thioether (sulfide) groups is 1. The number of aryl methyl sites for hydroxylation is 2. The molecule has 0 saturated carbocycles. The molecule has 4 rings (SSSR count). The highest BCUT2D eigenvalue weighted by molar-refractivity contribution is 8.19. The molecule has 0 spiro atoms. The van der Waals surface area contributed by atoms with E-state index in [1.165, 1.54) is 11.8 Å². The van der Waals surface area contributed by atoms with Crippen molar-refractivity contribution in [2.24, 2.45) is 4.99 Å². The Hall–Kier alpha value is -3.15. The molecule has 3 aromatic carbocycles. The van der Waals surface area contributed by atoms with Crippen LogP contribution >= 0.6 is 11.8 Å². The van der Waals surface area contributed by atoms with E-state index in [2.05, 4.69) is 0 Å². The Morgan fingerprint density at radius 1 is 0.900 bits per heavy atom. The second kappa shape index (κ2) is 8.69. The Labute approximate surface area is 180 Å². The standard InChI is InChI=1S/C25H22N2O2S/c1-17-3-11-21(12-4-17)26-25-27(22-13-5-18(2)6-14-22)24(29)23(30-25)15-19-7-9-20(16-28)10-8-19/h3-15,28H,16H2,1-2H3/b23-15-,26-25-. The van der Waals surface area contributed by atoms with Crippen molar-refractivity contribution in [3.8, 4) is 0 Å². The van der Waals surface area contributed by atoms with E-state index in [1.807, 2.05) is 92.7 Å². The summed E-state index contributed by atoms with van der Waals surface area (Å²) in [5.41, 5.74) is 5.64. The van der Waals surface area contributed by atoms with Gasteiger partial charge in [-0.3, -0.25) is 9.69 Å². The van der Waals surface area contributed by atoms with Crippen molar-refractivity contribution >= 4 is 40.3 Å². The van der Waals surface area contributed by atoms with Gasteiger partial charge in [0.25, 0.3) is 5.91 Å². The van der Waals surface area contributed by atoms with Gasteiger partial charge in [-0.2, -0.15) is 0 Å². The summed E-state index contributed by atoms with van der Waals surface area (Å²) in [5.74, 6) is -0.0963. The molecular formula is C25H22N2O2S. The minimum Gasteiger partial charge on any atom is -0.392 e. The summed E-state index contributed by atoms with van der Waals surface area (Å²) < 4.78 is 0. The number of aliphatic hydroxyl groups excluding tert-OH is 1. The van der Waals surface area contributed by atoms with Crippen molar-refractivity contribution in [1.82, 2.24) is 0 Å². The van der Waals surface area contributed by atoms with Crippen molar-refractivity contribution in [2.75, 3.05) is 4.90 Å².